The highest BCUT2D eigenvalue weighted by atomic mass is 19.4. The van der Waals surface area contributed by atoms with Crippen LogP contribution in [0.5, 0.6) is 0 Å². The lowest BCUT2D eigenvalue weighted by Gasteiger charge is -2.50. The Hall–Kier alpha value is -1.26. The molecule has 1 rings (SSSR count). The van der Waals surface area contributed by atoms with E-state index in [9.17, 15) is 37.0 Å². The van der Waals surface area contributed by atoms with Crippen LogP contribution in [0.2, 0.25) is 0 Å². The third-order valence-corrected chi connectivity index (χ3v) is 3.87. The minimum atomic E-state index is -5.83. The van der Waals surface area contributed by atoms with E-state index in [-0.39, 0.29) is 12.0 Å². The summed E-state index contributed by atoms with van der Waals surface area (Å²) in [5.41, 5.74) is -2.06. The summed E-state index contributed by atoms with van der Waals surface area (Å²) in [6.07, 6.45) is -9.06. The molecule has 2 N–H and O–H groups in total. The largest absolute Gasteiger partial charge is 0.462 e. The highest BCUT2D eigenvalue weighted by molar-refractivity contribution is 5.86. The van der Waals surface area contributed by atoms with Crippen molar-refractivity contribution in [3.8, 4) is 0 Å². The number of halogens is 5. The van der Waals surface area contributed by atoms with Crippen molar-refractivity contribution in [2.45, 2.75) is 44.3 Å². The second-order valence-electron chi connectivity index (χ2n) is 5.53. The number of carbonyl (C=O) groups excluding carboxylic acids is 1. The van der Waals surface area contributed by atoms with Crippen LogP contribution in [0.3, 0.4) is 0 Å². The molecule has 5 nitrogen and oxygen atoms in total. The molecule has 0 aromatic carbocycles. The Kier molecular flexibility index (Phi) is 5.15. The van der Waals surface area contributed by atoms with Gasteiger partial charge in [0.25, 0.3) is 0 Å². The molecule has 0 radical (unpaired) electrons. The molecule has 1 aliphatic heterocycles. The summed E-state index contributed by atoms with van der Waals surface area (Å²) in [7, 11) is 0. The first kappa shape index (κ1) is 19.8. The summed E-state index contributed by atoms with van der Waals surface area (Å²) >= 11 is 0. The van der Waals surface area contributed by atoms with E-state index >= 15 is 0 Å². The van der Waals surface area contributed by atoms with Crippen LogP contribution < -0.4 is 0 Å². The zero-order chi connectivity index (χ0) is 18.3. The Morgan fingerprint density at radius 2 is 1.96 bits per heavy atom. The van der Waals surface area contributed by atoms with E-state index in [1.165, 1.54) is 13.8 Å². The van der Waals surface area contributed by atoms with Gasteiger partial charge < -0.3 is 19.7 Å². The minimum absolute atomic E-state index is 0.0546. The number of hydrogen-bond acceptors (Lipinski definition) is 5. The van der Waals surface area contributed by atoms with Gasteiger partial charge in [0, 0.05) is 5.57 Å². The van der Waals surface area contributed by atoms with Gasteiger partial charge in [-0.3, -0.25) is 0 Å². The SMILES string of the molecule is C=C(C)C(=O)OCC1(CC)COC(O)(C(F)(F)F)C(F)(F)C1O. The zero-order valence-corrected chi connectivity index (χ0v) is 12.4. The fourth-order valence-corrected chi connectivity index (χ4v) is 2.11. The van der Waals surface area contributed by atoms with Crippen molar-refractivity contribution in [1.29, 1.82) is 0 Å². The van der Waals surface area contributed by atoms with Crippen molar-refractivity contribution in [2.24, 2.45) is 5.41 Å². The second kappa shape index (κ2) is 5.99. The minimum Gasteiger partial charge on any atom is -0.462 e. The maximum Gasteiger partial charge on any atom is 0.449 e. The molecule has 1 aliphatic rings. The lowest BCUT2D eigenvalue weighted by atomic mass is 9.74. The molecule has 3 atom stereocenters. The summed E-state index contributed by atoms with van der Waals surface area (Å²) in [6, 6.07) is 0. The number of esters is 1. The van der Waals surface area contributed by atoms with Crippen molar-refractivity contribution in [3.63, 3.8) is 0 Å². The number of carbonyl (C=O) groups is 1. The quantitative estimate of drug-likeness (QED) is 0.460. The molecular formula is C13H17F5O5. The number of aliphatic hydroxyl groups excluding tert-OH is 1. The Labute approximate surface area is 128 Å². The predicted octanol–water partition coefficient (Wildman–Crippen LogP) is 1.78. The number of rotatable bonds is 4. The molecule has 1 heterocycles. The van der Waals surface area contributed by atoms with Gasteiger partial charge in [-0.15, -0.1) is 0 Å². The van der Waals surface area contributed by atoms with E-state index in [1.807, 2.05) is 0 Å². The molecular weight excluding hydrogens is 331 g/mol. The lowest BCUT2D eigenvalue weighted by molar-refractivity contribution is -0.473. The van der Waals surface area contributed by atoms with Crippen LogP contribution >= 0.6 is 0 Å². The van der Waals surface area contributed by atoms with Gasteiger partial charge in [-0.25, -0.2) is 4.79 Å². The topological polar surface area (TPSA) is 76.0 Å². The highest BCUT2D eigenvalue weighted by Gasteiger charge is 2.78. The van der Waals surface area contributed by atoms with Gasteiger partial charge in [-0.1, -0.05) is 13.5 Å². The number of aliphatic hydroxyl groups is 2. The van der Waals surface area contributed by atoms with Crippen LogP contribution in [0, 0.1) is 5.41 Å². The summed E-state index contributed by atoms with van der Waals surface area (Å²) in [4.78, 5) is 11.3. The first-order chi connectivity index (χ1) is 10.2. The van der Waals surface area contributed by atoms with Gasteiger partial charge in [-0.05, 0) is 13.3 Å². The van der Waals surface area contributed by atoms with Crippen LogP contribution in [-0.2, 0) is 14.3 Å². The third kappa shape index (κ3) is 3.07. The van der Waals surface area contributed by atoms with Crippen LogP contribution in [-0.4, -0.2) is 53.4 Å². The molecule has 23 heavy (non-hydrogen) atoms. The molecule has 3 unspecified atom stereocenters. The van der Waals surface area contributed by atoms with Crippen molar-refractivity contribution in [2.75, 3.05) is 13.2 Å². The molecule has 0 spiro atoms. The van der Waals surface area contributed by atoms with E-state index in [4.69, 9.17) is 0 Å². The Balaban J connectivity index is 3.12. The van der Waals surface area contributed by atoms with Crippen molar-refractivity contribution < 1.29 is 46.4 Å². The Bertz CT molecular complexity index is 492. The zero-order valence-electron chi connectivity index (χ0n) is 12.4. The lowest BCUT2D eigenvalue weighted by Crippen LogP contribution is -2.73. The average molecular weight is 348 g/mol. The molecule has 134 valence electrons. The van der Waals surface area contributed by atoms with Crippen LogP contribution in [0.15, 0.2) is 12.2 Å². The fraction of sp³-hybridized carbons (Fsp3) is 0.769. The normalized spacial score (nSPS) is 34.0. The van der Waals surface area contributed by atoms with Crippen LogP contribution in [0.25, 0.3) is 0 Å². The van der Waals surface area contributed by atoms with Gasteiger partial charge in [0.05, 0.1) is 12.0 Å². The van der Waals surface area contributed by atoms with Crippen molar-refractivity contribution in [3.05, 3.63) is 12.2 Å². The molecule has 0 aliphatic carbocycles. The molecule has 10 heteroatoms. The Morgan fingerprint density at radius 1 is 1.43 bits per heavy atom. The highest BCUT2D eigenvalue weighted by Crippen LogP contribution is 2.53. The molecule has 1 saturated heterocycles. The van der Waals surface area contributed by atoms with Gasteiger partial charge in [-0.2, -0.15) is 22.0 Å². The van der Waals surface area contributed by atoms with Crippen molar-refractivity contribution >= 4 is 5.97 Å². The van der Waals surface area contributed by atoms with Gasteiger partial charge in [0.15, 0.2) is 0 Å². The first-order valence-corrected chi connectivity index (χ1v) is 6.57. The third-order valence-electron chi connectivity index (χ3n) is 3.87. The van der Waals surface area contributed by atoms with E-state index in [0.29, 0.717) is 0 Å². The smallest absolute Gasteiger partial charge is 0.449 e. The average Bonchev–Trinajstić information content (AvgIpc) is 2.43. The van der Waals surface area contributed by atoms with E-state index in [2.05, 4.69) is 16.1 Å². The standard InChI is InChI=1S/C13H17F5O5/c1-4-10(5-22-8(19)7(2)3)6-23-12(21,13(16,17)18)11(14,15)9(10)20/h9,20-21H,2,4-6H2,1,3H3. The van der Waals surface area contributed by atoms with Crippen molar-refractivity contribution in [1.82, 2.24) is 0 Å². The van der Waals surface area contributed by atoms with E-state index < -0.39 is 48.6 Å². The maximum atomic E-state index is 14.0. The molecule has 0 saturated carbocycles. The number of hydrogen-bond donors (Lipinski definition) is 2. The van der Waals surface area contributed by atoms with Gasteiger partial charge in [0.1, 0.15) is 12.7 Å². The monoisotopic (exact) mass is 348 g/mol. The number of alkyl halides is 5. The maximum absolute atomic E-state index is 14.0. The molecule has 0 aromatic rings. The van der Waals surface area contributed by atoms with Gasteiger partial charge in [0.2, 0.25) is 0 Å². The molecule has 0 bridgehead atoms. The fourth-order valence-electron chi connectivity index (χ4n) is 2.11. The van der Waals surface area contributed by atoms with E-state index in [1.54, 1.807) is 0 Å². The van der Waals surface area contributed by atoms with Gasteiger partial charge >= 0.3 is 23.9 Å². The molecule has 0 amide bonds. The summed E-state index contributed by atoms with van der Waals surface area (Å²) in [6.45, 7) is 3.95. The van der Waals surface area contributed by atoms with Crippen LogP contribution in [0.1, 0.15) is 20.3 Å². The Morgan fingerprint density at radius 3 is 2.35 bits per heavy atom. The summed E-state index contributed by atoms with van der Waals surface area (Å²) < 4.78 is 74.8. The second-order valence-corrected chi connectivity index (χ2v) is 5.53. The first-order valence-electron chi connectivity index (χ1n) is 6.57. The predicted molar refractivity (Wildman–Crippen MR) is 66.4 cm³/mol. The van der Waals surface area contributed by atoms with E-state index in [0.717, 1.165) is 0 Å². The number of ether oxygens (including phenoxy) is 2. The summed E-state index contributed by atoms with van der Waals surface area (Å²) in [5.74, 6) is -10.8. The summed E-state index contributed by atoms with van der Waals surface area (Å²) in [5, 5.41) is 19.0. The molecule has 0 aromatic heterocycles. The molecule has 1 fully saturated rings. The van der Waals surface area contributed by atoms with Crippen LogP contribution in [0.4, 0.5) is 22.0 Å².